The number of carbonyl (C=O) groups is 1. The Hall–Kier alpha value is -2.78. The van der Waals surface area contributed by atoms with Gasteiger partial charge in [0.1, 0.15) is 22.6 Å². The van der Waals surface area contributed by atoms with Crippen LogP contribution in [0.25, 0.3) is 0 Å². The molecular weight excluding hydrogens is 388 g/mol. The van der Waals surface area contributed by atoms with Gasteiger partial charge in [0, 0.05) is 18.2 Å². The molecule has 1 amide bonds. The Kier molecular flexibility index (Phi) is 6.37. The predicted molar refractivity (Wildman–Crippen MR) is 103 cm³/mol. The molecule has 9 nitrogen and oxygen atoms in total. The lowest BCUT2D eigenvalue weighted by Crippen LogP contribution is -2.37. The Morgan fingerprint density at radius 3 is 2.71 bits per heavy atom. The first kappa shape index (κ1) is 20.0. The van der Waals surface area contributed by atoms with E-state index >= 15 is 0 Å². The molecule has 28 heavy (non-hydrogen) atoms. The minimum absolute atomic E-state index is 0.256. The molecule has 0 bridgehead atoms. The van der Waals surface area contributed by atoms with Crippen molar-refractivity contribution in [2.24, 2.45) is 0 Å². The maximum absolute atomic E-state index is 11.1. The van der Waals surface area contributed by atoms with Gasteiger partial charge >= 0.3 is 0 Å². The molecule has 150 valence electrons. The van der Waals surface area contributed by atoms with E-state index in [9.17, 15) is 4.79 Å². The van der Waals surface area contributed by atoms with Gasteiger partial charge in [-0.05, 0) is 6.07 Å². The number of hydrogen-bond donors (Lipinski definition) is 1. The van der Waals surface area contributed by atoms with Crippen molar-refractivity contribution in [1.82, 2.24) is 14.9 Å². The van der Waals surface area contributed by atoms with Crippen molar-refractivity contribution in [2.45, 2.75) is 6.10 Å². The average Bonchev–Trinajstić information content (AvgIpc) is 2.74. The smallest absolute Gasteiger partial charge is 0.237 e. The molecule has 0 spiro atoms. The molecule has 2 aromatic rings. The van der Waals surface area contributed by atoms with Crippen LogP contribution in [0.15, 0.2) is 18.3 Å². The Bertz CT molecular complexity index is 851. The number of halogens is 1. The normalized spacial score (nSPS) is 16.4. The van der Waals surface area contributed by atoms with Gasteiger partial charge in [-0.25, -0.2) is 4.98 Å². The number of carbonyl (C=O) groups excluding carboxylic acids is 1. The summed E-state index contributed by atoms with van der Waals surface area (Å²) < 4.78 is 22.0. The highest BCUT2D eigenvalue weighted by Crippen LogP contribution is 2.39. The second-order valence-electron chi connectivity index (χ2n) is 5.93. The SMILES string of the molecule is COc1cc(C2CN(C=O)CCO2)c(OC)cc1Nc1ncc(Cl)c(OC)n1. The summed E-state index contributed by atoms with van der Waals surface area (Å²) in [6.07, 6.45) is 1.95. The molecule has 0 radical (unpaired) electrons. The van der Waals surface area contributed by atoms with Gasteiger partial charge < -0.3 is 29.2 Å². The van der Waals surface area contributed by atoms with Gasteiger partial charge in [0.2, 0.25) is 18.2 Å². The summed E-state index contributed by atoms with van der Waals surface area (Å²) in [7, 11) is 4.60. The highest BCUT2D eigenvalue weighted by Gasteiger charge is 2.26. The number of nitrogens with one attached hydrogen (secondary N) is 1. The maximum atomic E-state index is 11.1. The Balaban J connectivity index is 1.93. The van der Waals surface area contributed by atoms with E-state index < -0.39 is 0 Å². The van der Waals surface area contributed by atoms with Crippen LogP contribution < -0.4 is 19.5 Å². The fourth-order valence-corrected chi connectivity index (χ4v) is 3.07. The molecule has 1 saturated heterocycles. The number of rotatable bonds is 7. The van der Waals surface area contributed by atoms with E-state index in [1.807, 2.05) is 6.07 Å². The maximum Gasteiger partial charge on any atom is 0.237 e. The number of aromatic nitrogens is 2. The van der Waals surface area contributed by atoms with Crippen LogP contribution in [-0.2, 0) is 9.53 Å². The third-order valence-corrected chi connectivity index (χ3v) is 4.56. The third kappa shape index (κ3) is 4.20. The van der Waals surface area contributed by atoms with Gasteiger partial charge in [-0.2, -0.15) is 4.98 Å². The molecule has 1 atom stereocenters. The van der Waals surface area contributed by atoms with Crippen LogP contribution in [0.4, 0.5) is 11.6 Å². The number of methoxy groups -OCH3 is 3. The van der Waals surface area contributed by atoms with Crippen molar-refractivity contribution < 1.29 is 23.7 Å². The first-order valence-corrected chi connectivity index (χ1v) is 8.87. The lowest BCUT2D eigenvalue weighted by Gasteiger charge is -2.31. The molecule has 1 aliphatic rings. The van der Waals surface area contributed by atoms with Crippen molar-refractivity contribution in [1.29, 1.82) is 0 Å². The third-order valence-electron chi connectivity index (χ3n) is 4.30. The van der Waals surface area contributed by atoms with Crippen molar-refractivity contribution in [3.8, 4) is 17.4 Å². The number of hydrogen-bond acceptors (Lipinski definition) is 8. The number of morpholine rings is 1. The average molecular weight is 409 g/mol. The minimum Gasteiger partial charge on any atom is -0.496 e. The Labute approximate surface area is 167 Å². The predicted octanol–water partition coefficient (Wildman–Crippen LogP) is 2.43. The molecule has 1 unspecified atom stereocenters. The van der Waals surface area contributed by atoms with Crippen LogP contribution >= 0.6 is 11.6 Å². The summed E-state index contributed by atoms with van der Waals surface area (Å²) in [6, 6.07) is 3.58. The topological polar surface area (TPSA) is 95.0 Å². The summed E-state index contributed by atoms with van der Waals surface area (Å²) in [5.74, 6) is 1.67. The van der Waals surface area contributed by atoms with Crippen LogP contribution in [0.1, 0.15) is 11.7 Å². The lowest BCUT2D eigenvalue weighted by atomic mass is 10.0. The van der Waals surface area contributed by atoms with Crippen LogP contribution in [-0.4, -0.2) is 62.3 Å². The van der Waals surface area contributed by atoms with Gasteiger partial charge in [0.15, 0.2) is 0 Å². The first-order valence-electron chi connectivity index (χ1n) is 8.50. The van der Waals surface area contributed by atoms with Gasteiger partial charge in [0.05, 0.1) is 46.4 Å². The van der Waals surface area contributed by atoms with E-state index in [-0.39, 0.29) is 17.9 Å². The molecule has 0 saturated carbocycles. The van der Waals surface area contributed by atoms with Crippen LogP contribution in [0.5, 0.6) is 17.4 Å². The van der Waals surface area contributed by atoms with Crippen LogP contribution in [0.3, 0.4) is 0 Å². The Morgan fingerprint density at radius 1 is 1.25 bits per heavy atom. The molecular formula is C18H21ClN4O5. The van der Waals surface area contributed by atoms with Gasteiger partial charge in [-0.3, -0.25) is 4.79 Å². The molecule has 10 heteroatoms. The van der Waals surface area contributed by atoms with E-state index in [1.54, 1.807) is 25.2 Å². The number of ether oxygens (including phenoxy) is 4. The van der Waals surface area contributed by atoms with E-state index in [0.29, 0.717) is 41.9 Å². The fourth-order valence-electron chi connectivity index (χ4n) is 2.90. The highest BCUT2D eigenvalue weighted by atomic mass is 35.5. The molecule has 1 aliphatic heterocycles. The molecule has 1 fully saturated rings. The monoisotopic (exact) mass is 408 g/mol. The van der Waals surface area contributed by atoms with Crippen molar-refractivity contribution in [3.05, 3.63) is 28.9 Å². The molecule has 3 rings (SSSR count). The zero-order valence-electron chi connectivity index (χ0n) is 15.8. The largest absolute Gasteiger partial charge is 0.496 e. The van der Waals surface area contributed by atoms with E-state index in [2.05, 4.69) is 15.3 Å². The van der Waals surface area contributed by atoms with Crippen molar-refractivity contribution in [2.75, 3.05) is 46.3 Å². The van der Waals surface area contributed by atoms with Gasteiger partial charge in [-0.15, -0.1) is 0 Å². The summed E-state index contributed by atoms with van der Waals surface area (Å²) in [5, 5.41) is 3.38. The van der Waals surface area contributed by atoms with Gasteiger partial charge in [-0.1, -0.05) is 11.6 Å². The fraction of sp³-hybridized carbons (Fsp3) is 0.389. The summed E-state index contributed by atoms with van der Waals surface area (Å²) in [5.41, 5.74) is 1.38. The van der Waals surface area contributed by atoms with E-state index in [4.69, 9.17) is 30.5 Å². The summed E-state index contributed by atoms with van der Waals surface area (Å²) >= 11 is 5.97. The standard InChI is InChI=1S/C18H21ClN4O5/c1-25-14-7-13(21-18-20-8-12(19)17(22-18)27-3)15(26-2)6-11(14)16-9-23(10-24)4-5-28-16/h6-8,10,16H,4-5,9H2,1-3H3,(H,20,21,22). The number of anilines is 2. The second-order valence-corrected chi connectivity index (χ2v) is 6.34. The second kappa shape index (κ2) is 8.94. The van der Waals surface area contributed by atoms with Crippen LogP contribution in [0, 0.1) is 0 Å². The zero-order valence-corrected chi connectivity index (χ0v) is 16.5. The zero-order chi connectivity index (χ0) is 20.1. The van der Waals surface area contributed by atoms with Crippen molar-refractivity contribution >= 4 is 29.6 Å². The lowest BCUT2D eigenvalue weighted by molar-refractivity contribution is -0.125. The summed E-state index contributed by atoms with van der Waals surface area (Å²) in [6.45, 7) is 1.45. The minimum atomic E-state index is -0.316. The molecule has 0 aliphatic carbocycles. The molecule has 1 aromatic heterocycles. The quantitative estimate of drug-likeness (QED) is 0.698. The molecule has 2 heterocycles. The van der Waals surface area contributed by atoms with Crippen LogP contribution in [0.2, 0.25) is 5.02 Å². The first-order chi connectivity index (χ1) is 13.6. The molecule has 1 aromatic carbocycles. The number of nitrogens with zero attached hydrogens (tertiary/aromatic N) is 3. The summed E-state index contributed by atoms with van der Waals surface area (Å²) in [4.78, 5) is 21.1. The van der Waals surface area contributed by atoms with Gasteiger partial charge in [0.25, 0.3) is 0 Å². The Morgan fingerprint density at radius 2 is 2.04 bits per heavy atom. The molecule has 1 N–H and O–H groups in total. The van der Waals surface area contributed by atoms with E-state index in [1.165, 1.54) is 13.3 Å². The van der Waals surface area contributed by atoms with Crippen molar-refractivity contribution in [3.63, 3.8) is 0 Å². The highest BCUT2D eigenvalue weighted by molar-refractivity contribution is 6.31. The number of benzene rings is 1. The number of amides is 1. The van der Waals surface area contributed by atoms with E-state index in [0.717, 1.165) is 12.0 Å².